The summed E-state index contributed by atoms with van der Waals surface area (Å²) in [6, 6.07) is 7.19. The van der Waals surface area contributed by atoms with E-state index in [-0.39, 0.29) is 12.1 Å². The van der Waals surface area contributed by atoms with Crippen molar-refractivity contribution in [2.45, 2.75) is 20.4 Å². The first kappa shape index (κ1) is 10.6. The van der Waals surface area contributed by atoms with Crippen molar-refractivity contribution in [3.05, 3.63) is 45.7 Å². The molecular weight excluding hydrogens is 202 g/mol. The molecule has 0 atom stereocenters. The fourth-order valence-electron chi connectivity index (χ4n) is 1.90. The summed E-state index contributed by atoms with van der Waals surface area (Å²) in [6.45, 7) is 4.16. The minimum Gasteiger partial charge on any atom is -0.301 e. The summed E-state index contributed by atoms with van der Waals surface area (Å²) in [5.74, 6) is 0. The number of aldehydes is 1. The molecule has 3 heteroatoms. The van der Waals surface area contributed by atoms with Crippen molar-refractivity contribution in [2.75, 3.05) is 0 Å². The third kappa shape index (κ3) is 1.54. The molecule has 16 heavy (non-hydrogen) atoms. The van der Waals surface area contributed by atoms with E-state index >= 15 is 0 Å². The van der Waals surface area contributed by atoms with Gasteiger partial charge in [-0.05, 0) is 37.1 Å². The molecule has 1 aromatic heterocycles. The minimum atomic E-state index is -0.136. The molecule has 0 amide bonds. The molecule has 0 aliphatic carbocycles. The number of carbonyl (C=O) groups is 1. The number of nitrogens with zero attached hydrogens (tertiary/aromatic N) is 1. The quantitative estimate of drug-likeness (QED) is 0.717. The van der Waals surface area contributed by atoms with E-state index in [4.69, 9.17) is 0 Å². The van der Waals surface area contributed by atoms with Crippen LogP contribution in [0.15, 0.2) is 29.1 Å². The number of pyridine rings is 1. The van der Waals surface area contributed by atoms with Crippen LogP contribution in [0.5, 0.6) is 0 Å². The molecule has 1 aromatic carbocycles. The number of hydrogen-bond donors (Lipinski definition) is 0. The highest BCUT2D eigenvalue weighted by molar-refractivity contribution is 5.84. The fourth-order valence-corrected chi connectivity index (χ4v) is 1.90. The highest BCUT2D eigenvalue weighted by Gasteiger charge is 2.05. The van der Waals surface area contributed by atoms with Crippen LogP contribution in [-0.2, 0) is 11.3 Å². The second-order valence-electron chi connectivity index (χ2n) is 3.89. The standard InChI is InChI=1S/C13H13NO2/c1-9-3-5-12-11(10(9)2)4-6-13(16)14(12)7-8-15/h3-6,8H,7H2,1-2H3. The van der Waals surface area contributed by atoms with E-state index < -0.39 is 0 Å². The Morgan fingerprint density at radius 1 is 1.19 bits per heavy atom. The zero-order chi connectivity index (χ0) is 11.7. The normalized spacial score (nSPS) is 10.6. The summed E-state index contributed by atoms with van der Waals surface area (Å²) in [6.07, 6.45) is 0.746. The molecule has 3 nitrogen and oxygen atoms in total. The van der Waals surface area contributed by atoms with Crippen LogP contribution in [0.4, 0.5) is 0 Å². The SMILES string of the molecule is Cc1ccc2c(ccc(=O)n2CC=O)c1C. The third-order valence-electron chi connectivity index (χ3n) is 2.97. The summed E-state index contributed by atoms with van der Waals surface area (Å²) in [5.41, 5.74) is 3.02. The summed E-state index contributed by atoms with van der Waals surface area (Å²) >= 11 is 0. The van der Waals surface area contributed by atoms with Crippen LogP contribution in [0, 0.1) is 13.8 Å². The van der Waals surface area contributed by atoms with E-state index in [2.05, 4.69) is 0 Å². The Bertz CT molecular complexity index is 611. The Labute approximate surface area is 93.3 Å². The number of aromatic nitrogens is 1. The van der Waals surface area contributed by atoms with Crippen LogP contribution in [0.3, 0.4) is 0 Å². The molecule has 0 radical (unpaired) electrons. The van der Waals surface area contributed by atoms with E-state index in [9.17, 15) is 9.59 Å². The molecule has 0 saturated carbocycles. The first-order chi connectivity index (χ1) is 7.65. The monoisotopic (exact) mass is 215 g/mol. The van der Waals surface area contributed by atoms with Gasteiger partial charge in [0, 0.05) is 11.5 Å². The average molecular weight is 215 g/mol. The van der Waals surface area contributed by atoms with Crippen molar-refractivity contribution in [2.24, 2.45) is 0 Å². The van der Waals surface area contributed by atoms with Crippen molar-refractivity contribution in [1.29, 1.82) is 0 Å². The number of benzene rings is 1. The van der Waals surface area contributed by atoms with E-state index in [1.54, 1.807) is 0 Å². The van der Waals surface area contributed by atoms with Crippen LogP contribution in [0.25, 0.3) is 10.9 Å². The molecule has 0 N–H and O–H groups in total. The molecule has 0 spiro atoms. The van der Waals surface area contributed by atoms with Gasteiger partial charge in [0.25, 0.3) is 5.56 Å². The van der Waals surface area contributed by atoms with E-state index in [1.165, 1.54) is 16.2 Å². The van der Waals surface area contributed by atoms with Gasteiger partial charge in [-0.15, -0.1) is 0 Å². The predicted molar refractivity (Wildman–Crippen MR) is 63.7 cm³/mol. The lowest BCUT2D eigenvalue weighted by atomic mass is 10.0. The van der Waals surface area contributed by atoms with Gasteiger partial charge in [-0.3, -0.25) is 4.79 Å². The van der Waals surface area contributed by atoms with Gasteiger partial charge < -0.3 is 9.36 Å². The van der Waals surface area contributed by atoms with Gasteiger partial charge in [0.2, 0.25) is 0 Å². The zero-order valence-electron chi connectivity index (χ0n) is 9.36. The van der Waals surface area contributed by atoms with Crippen molar-refractivity contribution in [3.63, 3.8) is 0 Å². The summed E-state index contributed by atoms with van der Waals surface area (Å²) < 4.78 is 1.49. The molecule has 82 valence electrons. The minimum absolute atomic E-state index is 0.110. The molecule has 0 bridgehead atoms. The zero-order valence-corrected chi connectivity index (χ0v) is 9.36. The van der Waals surface area contributed by atoms with Crippen LogP contribution in [0.1, 0.15) is 11.1 Å². The Morgan fingerprint density at radius 3 is 2.62 bits per heavy atom. The van der Waals surface area contributed by atoms with Crippen molar-refractivity contribution in [3.8, 4) is 0 Å². The van der Waals surface area contributed by atoms with Gasteiger partial charge in [0.05, 0.1) is 12.1 Å². The number of fused-ring (bicyclic) bond motifs is 1. The average Bonchev–Trinajstić information content (AvgIpc) is 2.27. The molecule has 0 unspecified atom stereocenters. The van der Waals surface area contributed by atoms with Crippen LogP contribution in [-0.4, -0.2) is 10.9 Å². The molecule has 0 aliphatic heterocycles. The molecular formula is C13H13NO2. The van der Waals surface area contributed by atoms with Crippen molar-refractivity contribution >= 4 is 17.2 Å². The molecule has 2 rings (SSSR count). The Hall–Kier alpha value is -1.90. The number of carbonyl (C=O) groups excluding carboxylic acids is 1. The van der Waals surface area contributed by atoms with E-state index in [1.807, 2.05) is 32.0 Å². The Kier molecular flexibility index (Phi) is 2.60. The fraction of sp³-hybridized carbons (Fsp3) is 0.231. The van der Waals surface area contributed by atoms with Crippen LogP contribution >= 0.6 is 0 Å². The van der Waals surface area contributed by atoms with Crippen molar-refractivity contribution < 1.29 is 4.79 Å². The van der Waals surface area contributed by atoms with Gasteiger partial charge in [0.15, 0.2) is 0 Å². The van der Waals surface area contributed by atoms with Gasteiger partial charge in [-0.1, -0.05) is 6.07 Å². The number of aryl methyl sites for hydroxylation is 2. The topological polar surface area (TPSA) is 39.1 Å². The lowest BCUT2D eigenvalue weighted by Crippen LogP contribution is -2.20. The summed E-state index contributed by atoms with van der Waals surface area (Å²) in [7, 11) is 0. The highest BCUT2D eigenvalue weighted by atomic mass is 16.1. The van der Waals surface area contributed by atoms with E-state index in [0.717, 1.165) is 22.8 Å². The van der Waals surface area contributed by atoms with Crippen LogP contribution in [0.2, 0.25) is 0 Å². The summed E-state index contributed by atoms with van der Waals surface area (Å²) in [4.78, 5) is 22.2. The molecule has 0 saturated heterocycles. The molecule has 0 fully saturated rings. The molecule has 1 heterocycles. The Balaban J connectivity index is 2.89. The molecule has 0 aliphatic rings. The van der Waals surface area contributed by atoms with E-state index in [0.29, 0.717) is 0 Å². The number of hydrogen-bond acceptors (Lipinski definition) is 2. The van der Waals surface area contributed by atoms with Gasteiger partial charge in [0.1, 0.15) is 6.29 Å². The van der Waals surface area contributed by atoms with Crippen LogP contribution < -0.4 is 5.56 Å². The van der Waals surface area contributed by atoms with Gasteiger partial charge in [-0.2, -0.15) is 0 Å². The number of rotatable bonds is 2. The maximum Gasteiger partial charge on any atom is 0.251 e. The maximum absolute atomic E-state index is 11.6. The summed E-state index contributed by atoms with van der Waals surface area (Å²) in [5, 5.41) is 1.03. The second kappa shape index (κ2) is 3.93. The lowest BCUT2D eigenvalue weighted by molar-refractivity contribution is -0.108. The highest BCUT2D eigenvalue weighted by Crippen LogP contribution is 2.19. The first-order valence-corrected chi connectivity index (χ1v) is 5.18. The third-order valence-corrected chi connectivity index (χ3v) is 2.97. The lowest BCUT2D eigenvalue weighted by Gasteiger charge is -2.10. The molecule has 2 aromatic rings. The largest absolute Gasteiger partial charge is 0.301 e. The maximum atomic E-state index is 11.6. The van der Waals surface area contributed by atoms with Gasteiger partial charge >= 0.3 is 0 Å². The predicted octanol–water partition coefficient (Wildman–Crippen LogP) is 1.82. The van der Waals surface area contributed by atoms with Crippen molar-refractivity contribution in [1.82, 2.24) is 4.57 Å². The first-order valence-electron chi connectivity index (χ1n) is 5.18. The Morgan fingerprint density at radius 2 is 1.94 bits per heavy atom. The smallest absolute Gasteiger partial charge is 0.251 e. The van der Waals surface area contributed by atoms with Gasteiger partial charge in [-0.25, -0.2) is 0 Å². The second-order valence-corrected chi connectivity index (χ2v) is 3.89.